The van der Waals surface area contributed by atoms with Crippen LogP contribution in [0.5, 0.6) is 0 Å². The van der Waals surface area contributed by atoms with Crippen molar-refractivity contribution in [2.45, 2.75) is 67.2 Å². The van der Waals surface area contributed by atoms with E-state index in [0.717, 1.165) is 11.5 Å². The molecule has 0 fully saturated rings. The SMILES string of the molecule is C=C/C=C\C=C(/C)C(C)(C)C(=O)O.CCCCCC(C)C. The van der Waals surface area contributed by atoms with Gasteiger partial charge < -0.3 is 5.11 Å². The molecule has 122 valence electrons. The zero-order valence-corrected chi connectivity index (χ0v) is 14.8. The number of aliphatic carboxylic acids is 1. The molecule has 1 N–H and O–H groups in total. The molecule has 0 spiro atoms. The van der Waals surface area contributed by atoms with E-state index in [4.69, 9.17) is 5.11 Å². The molecule has 2 heteroatoms. The fourth-order valence-electron chi connectivity index (χ4n) is 1.46. The van der Waals surface area contributed by atoms with Crippen molar-refractivity contribution < 1.29 is 9.90 Å². The zero-order chi connectivity index (χ0) is 16.9. The van der Waals surface area contributed by atoms with Crippen molar-refractivity contribution >= 4 is 5.97 Å². The Labute approximate surface area is 131 Å². The van der Waals surface area contributed by atoms with Gasteiger partial charge in [-0.2, -0.15) is 0 Å². The van der Waals surface area contributed by atoms with Gasteiger partial charge in [0.05, 0.1) is 5.41 Å². The molecule has 2 nitrogen and oxygen atoms in total. The Morgan fingerprint density at radius 1 is 1.24 bits per heavy atom. The first-order valence-electron chi connectivity index (χ1n) is 7.89. The second kappa shape index (κ2) is 12.4. The minimum atomic E-state index is -0.812. The first kappa shape index (κ1) is 22.0. The quantitative estimate of drug-likeness (QED) is 0.440. The second-order valence-electron chi connectivity index (χ2n) is 6.29. The predicted molar refractivity (Wildman–Crippen MR) is 93.5 cm³/mol. The molecule has 0 aliphatic carbocycles. The van der Waals surface area contributed by atoms with Crippen molar-refractivity contribution in [2.75, 3.05) is 0 Å². The Morgan fingerprint density at radius 2 is 1.81 bits per heavy atom. The topological polar surface area (TPSA) is 37.3 Å². The van der Waals surface area contributed by atoms with E-state index >= 15 is 0 Å². The van der Waals surface area contributed by atoms with Gasteiger partial charge in [0.2, 0.25) is 0 Å². The number of unbranched alkanes of at least 4 members (excludes halogenated alkanes) is 2. The summed E-state index contributed by atoms with van der Waals surface area (Å²) in [6.07, 6.45) is 12.6. The van der Waals surface area contributed by atoms with Gasteiger partial charge in [-0.3, -0.25) is 4.79 Å². The molecule has 21 heavy (non-hydrogen) atoms. The first-order valence-corrected chi connectivity index (χ1v) is 7.89. The van der Waals surface area contributed by atoms with Crippen LogP contribution < -0.4 is 0 Å². The van der Waals surface area contributed by atoms with Crippen LogP contribution in [0.3, 0.4) is 0 Å². The maximum atomic E-state index is 10.8. The smallest absolute Gasteiger partial charge is 0.313 e. The van der Waals surface area contributed by atoms with E-state index in [9.17, 15) is 4.79 Å². The van der Waals surface area contributed by atoms with Gasteiger partial charge in [-0.25, -0.2) is 0 Å². The lowest BCUT2D eigenvalue weighted by Gasteiger charge is -2.19. The highest BCUT2D eigenvalue weighted by atomic mass is 16.4. The molecule has 0 saturated carbocycles. The molecule has 0 saturated heterocycles. The summed E-state index contributed by atoms with van der Waals surface area (Å²) in [6.45, 7) is 15.5. The summed E-state index contributed by atoms with van der Waals surface area (Å²) in [4.78, 5) is 10.8. The number of carboxylic acid groups (broad SMARTS) is 1. The summed E-state index contributed by atoms with van der Waals surface area (Å²) in [5.74, 6) is 0.0924. The van der Waals surface area contributed by atoms with Gasteiger partial charge in [-0.1, -0.05) is 82.9 Å². The third kappa shape index (κ3) is 12.2. The highest BCUT2D eigenvalue weighted by Crippen LogP contribution is 2.25. The normalized spacial score (nSPS) is 12.2. The molecule has 0 bridgehead atoms. The third-order valence-electron chi connectivity index (χ3n) is 3.50. The summed E-state index contributed by atoms with van der Waals surface area (Å²) in [5.41, 5.74) is 0.0176. The van der Waals surface area contributed by atoms with E-state index in [1.807, 2.05) is 6.92 Å². The van der Waals surface area contributed by atoms with E-state index in [2.05, 4.69) is 27.4 Å². The first-order chi connectivity index (χ1) is 9.69. The standard InChI is InChI=1S/C11H16O2.C8H18/c1-5-6-7-8-9(2)11(3,4)10(12)13;1-4-5-6-7-8(2)3/h5-8H,1H2,2-4H3,(H,12,13);8H,4-7H2,1-3H3/b7-6-,9-8+;. The van der Waals surface area contributed by atoms with Crippen LogP contribution in [-0.4, -0.2) is 11.1 Å². The maximum Gasteiger partial charge on any atom is 0.313 e. The lowest BCUT2D eigenvalue weighted by molar-refractivity contribution is -0.144. The van der Waals surface area contributed by atoms with E-state index in [0.29, 0.717) is 0 Å². The van der Waals surface area contributed by atoms with Crippen LogP contribution >= 0.6 is 0 Å². The highest BCUT2D eigenvalue weighted by molar-refractivity contribution is 5.77. The monoisotopic (exact) mass is 294 g/mol. The number of hydrogen-bond acceptors (Lipinski definition) is 1. The Hall–Kier alpha value is -1.31. The molecule has 0 aliphatic heterocycles. The van der Waals surface area contributed by atoms with Crippen LogP contribution in [0.4, 0.5) is 0 Å². The Morgan fingerprint density at radius 3 is 2.19 bits per heavy atom. The van der Waals surface area contributed by atoms with Gasteiger partial charge in [-0.15, -0.1) is 0 Å². The van der Waals surface area contributed by atoms with Crippen molar-refractivity contribution in [1.82, 2.24) is 0 Å². The molecule has 0 aromatic rings. The lowest BCUT2D eigenvalue weighted by atomic mass is 9.85. The van der Waals surface area contributed by atoms with Gasteiger partial charge in [0, 0.05) is 0 Å². The van der Waals surface area contributed by atoms with E-state index in [1.54, 1.807) is 38.2 Å². The van der Waals surface area contributed by atoms with Crippen LogP contribution in [0, 0.1) is 11.3 Å². The van der Waals surface area contributed by atoms with Crippen molar-refractivity contribution in [3.63, 3.8) is 0 Å². The molecule has 0 unspecified atom stereocenters. The number of carbonyl (C=O) groups is 1. The lowest BCUT2D eigenvalue weighted by Crippen LogP contribution is -2.24. The molecule has 0 rings (SSSR count). The highest BCUT2D eigenvalue weighted by Gasteiger charge is 2.28. The minimum absolute atomic E-state index is 0.800. The Kier molecular flexibility index (Phi) is 13.0. The predicted octanol–water partition coefficient (Wildman–Crippen LogP) is 6.01. The van der Waals surface area contributed by atoms with Crippen LogP contribution in [0.2, 0.25) is 0 Å². The van der Waals surface area contributed by atoms with Crippen LogP contribution in [0.1, 0.15) is 67.2 Å². The molecule has 0 amide bonds. The summed E-state index contributed by atoms with van der Waals surface area (Å²) in [6, 6.07) is 0. The summed E-state index contributed by atoms with van der Waals surface area (Å²) in [5, 5.41) is 8.88. The fourth-order valence-corrected chi connectivity index (χ4v) is 1.46. The summed E-state index contributed by atoms with van der Waals surface area (Å²) < 4.78 is 0. The average Bonchev–Trinajstić information content (AvgIpc) is 2.39. The van der Waals surface area contributed by atoms with Crippen LogP contribution in [0.15, 0.2) is 36.5 Å². The van der Waals surface area contributed by atoms with Crippen molar-refractivity contribution in [3.05, 3.63) is 36.5 Å². The molecule has 0 atom stereocenters. The molecule has 0 heterocycles. The summed E-state index contributed by atoms with van der Waals surface area (Å²) >= 11 is 0. The van der Waals surface area contributed by atoms with Crippen LogP contribution in [-0.2, 0) is 4.79 Å². The molecule has 0 aromatic carbocycles. The van der Waals surface area contributed by atoms with Gasteiger partial charge in [0.15, 0.2) is 0 Å². The second-order valence-corrected chi connectivity index (χ2v) is 6.29. The molecule has 0 aromatic heterocycles. The molecular formula is C19H34O2. The van der Waals surface area contributed by atoms with Gasteiger partial charge in [0.1, 0.15) is 0 Å². The molecular weight excluding hydrogens is 260 g/mol. The molecule has 0 radical (unpaired) electrons. The summed E-state index contributed by atoms with van der Waals surface area (Å²) in [7, 11) is 0. The third-order valence-corrected chi connectivity index (χ3v) is 3.50. The maximum absolute atomic E-state index is 10.8. The van der Waals surface area contributed by atoms with E-state index in [-0.39, 0.29) is 0 Å². The van der Waals surface area contributed by atoms with Crippen LogP contribution in [0.25, 0.3) is 0 Å². The largest absolute Gasteiger partial charge is 0.481 e. The van der Waals surface area contributed by atoms with Gasteiger partial charge in [0.25, 0.3) is 0 Å². The number of rotatable bonds is 8. The van der Waals surface area contributed by atoms with Crippen molar-refractivity contribution in [3.8, 4) is 0 Å². The van der Waals surface area contributed by atoms with Gasteiger partial charge >= 0.3 is 5.97 Å². The van der Waals surface area contributed by atoms with Gasteiger partial charge in [-0.05, 0) is 26.7 Å². The fraction of sp³-hybridized carbons (Fsp3) is 0.632. The van der Waals surface area contributed by atoms with Crippen molar-refractivity contribution in [1.29, 1.82) is 0 Å². The van der Waals surface area contributed by atoms with E-state index < -0.39 is 11.4 Å². The van der Waals surface area contributed by atoms with Crippen molar-refractivity contribution in [2.24, 2.45) is 11.3 Å². The zero-order valence-electron chi connectivity index (χ0n) is 14.8. The Balaban J connectivity index is 0. The number of hydrogen-bond donors (Lipinski definition) is 1. The molecule has 0 aliphatic rings. The average molecular weight is 294 g/mol. The Bertz CT molecular complexity index is 347. The minimum Gasteiger partial charge on any atom is -0.481 e. The van der Waals surface area contributed by atoms with E-state index in [1.165, 1.54) is 25.7 Å². The number of allylic oxidation sites excluding steroid dienone is 4. The number of carboxylic acids is 1.